The monoisotopic (exact) mass is 456 g/mol. The van der Waals surface area contributed by atoms with Crippen molar-refractivity contribution in [3.8, 4) is 22.4 Å². The Labute approximate surface area is 196 Å². The van der Waals surface area contributed by atoms with E-state index in [0.29, 0.717) is 37.5 Å². The summed E-state index contributed by atoms with van der Waals surface area (Å²) in [4.78, 5) is 31.0. The second-order valence-electron chi connectivity index (χ2n) is 8.13. The van der Waals surface area contributed by atoms with Gasteiger partial charge in [-0.15, -0.1) is 0 Å². The van der Waals surface area contributed by atoms with Gasteiger partial charge in [-0.1, -0.05) is 30.3 Å². The largest absolute Gasteiger partial charge is 0.469 e. The molecule has 3 heterocycles. The summed E-state index contributed by atoms with van der Waals surface area (Å²) < 4.78 is 10.1. The van der Waals surface area contributed by atoms with Gasteiger partial charge in [0.25, 0.3) is 5.91 Å². The molecule has 0 saturated carbocycles. The van der Waals surface area contributed by atoms with Crippen molar-refractivity contribution in [2.45, 2.75) is 6.42 Å². The summed E-state index contributed by atoms with van der Waals surface area (Å²) in [5.41, 5.74) is 5.60. The maximum Gasteiger partial charge on any atom is 0.309 e. The summed E-state index contributed by atoms with van der Waals surface area (Å²) in [7, 11) is 1.38. The summed E-state index contributed by atoms with van der Waals surface area (Å²) in [6, 6.07) is 17.3. The Morgan fingerprint density at radius 1 is 1.03 bits per heavy atom. The third-order valence-corrected chi connectivity index (χ3v) is 5.94. The van der Waals surface area contributed by atoms with Crippen molar-refractivity contribution in [1.82, 2.24) is 20.1 Å². The van der Waals surface area contributed by atoms with E-state index in [1.165, 1.54) is 7.11 Å². The van der Waals surface area contributed by atoms with Gasteiger partial charge >= 0.3 is 5.97 Å². The lowest BCUT2D eigenvalue weighted by Crippen LogP contribution is -2.40. The number of esters is 1. The number of ether oxygens (including phenoxy) is 2. The number of nitrogens with one attached hydrogen (secondary N) is 1. The predicted octanol–water partition coefficient (Wildman–Crippen LogP) is 3.48. The molecule has 2 aromatic carbocycles. The Balaban J connectivity index is 1.48. The van der Waals surface area contributed by atoms with Crippen LogP contribution in [0.4, 0.5) is 0 Å². The Morgan fingerprint density at radius 2 is 1.82 bits per heavy atom. The standard InChI is InChI=1S/C26H24N4O4/c1-33-23(31)13-17-4-2-6-19(12-17)24-22-15-21(16-27-25(22)29-28-24)18-5-3-7-20(14-18)26(32)30-8-10-34-11-9-30/h2-7,12,14-16H,8-11,13H2,1H3,(H,27,28,29). The minimum Gasteiger partial charge on any atom is -0.469 e. The fraction of sp³-hybridized carbons (Fsp3) is 0.231. The number of aromatic nitrogens is 3. The lowest BCUT2D eigenvalue weighted by molar-refractivity contribution is -0.139. The molecule has 1 N–H and O–H groups in total. The van der Waals surface area contributed by atoms with Crippen LogP contribution in [-0.2, 0) is 20.7 Å². The number of methoxy groups -OCH3 is 1. The van der Waals surface area contributed by atoms with Crippen LogP contribution in [-0.4, -0.2) is 65.4 Å². The average Bonchev–Trinajstić information content (AvgIpc) is 3.32. The van der Waals surface area contributed by atoms with Crippen LogP contribution in [0.1, 0.15) is 15.9 Å². The lowest BCUT2D eigenvalue weighted by atomic mass is 10.0. The van der Waals surface area contributed by atoms with E-state index in [1.54, 1.807) is 6.20 Å². The van der Waals surface area contributed by atoms with Crippen molar-refractivity contribution in [2.75, 3.05) is 33.4 Å². The molecule has 172 valence electrons. The summed E-state index contributed by atoms with van der Waals surface area (Å²) in [6.07, 6.45) is 1.96. The molecule has 2 aromatic heterocycles. The van der Waals surface area contributed by atoms with E-state index in [4.69, 9.17) is 9.47 Å². The second kappa shape index (κ2) is 9.44. The highest BCUT2D eigenvalue weighted by Gasteiger charge is 2.19. The van der Waals surface area contributed by atoms with E-state index >= 15 is 0 Å². The summed E-state index contributed by atoms with van der Waals surface area (Å²) in [6.45, 7) is 2.33. The number of carbonyl (C=O) groups is 2. The molecule has 0 unspecified atom stereocenters. The molecule has 1 saturated heterocycles. The topological polar surface area (TPSA) is 97.4 Å². The Bertz CT molecular complexity index is 1360. The fourth-order valence-corrected chi connectivity index (χ4v) is 4.13. The van der Waals surface area contributed by atoms with Crippen molar-refractivity contribution in [3.63, 3.8) is 0 Å². The molecule has 0 spiro atoms. The van der Waals surface area contributed by atoms with Gasteiger partial charge in [-0.05, 0) is 35.4 Å². The molecule has 1 aliphatic rings. The van der Waals surface area contributed by atoms with Crippen molar-refractivity contribution >= 4 is 22.9 Å². The van der Waals surface area contributed by atoms with Crippen LogP contribution in [0.5, 0.6) is 0 Å². The summed E-state index contributed by atoms with van der Waals surface area (Å²) >= 11 is 0. The highest BCUT2D eigenvalue weighted by molar-refractivity contribution is 5.97. The van der Waals surface area contributed by atoms with E-state index in [0.717, 1.165) is 33.3 Å². The lowest BCUT2D eigenvalue weighted by Gasteiger charge is -2.27. The Morgan fingerprint density at radius 3 is 2.65 bits per heavy atom. The van der Waals surface area contributed by atoms with E-state index in [9.17, 15) is 9.59 Å². The summed E-state index contributed by atoms with van der Waals surface area (Å²) in [5, 5.41) is 8.28. The zero-order chi connectivity index (χ0) is 23.5. The number of carbonyl (C=O) groups excluding carboxylic acids is 2. The van der Waals surface area contributed by atoms with Crippen LogP contribution in [0.25, 0.3) is 33.4 Å². The number of morpholine rings is 1. The van der Waals surface area contributed by atoms with Crippen LogP contribution in [0, 0.1) is 0 Å². The number of hydrogen-bond donors (Lipinski definition) is 1. The molecule has 8 heteroatoms. The van der Waals surface area contributed by atoms with Crippen LogP contribution in [0.15, 0.2) is 60.8 Å². The van der Waals surface area contributed by atoms with Crippen LogP contribution >= 0.6 is 0 Å². The first-order valence-corrected chi connectivity index (χ1v) is 11.1. The van der Waals surface area contributed by atoms with E-state index in [-0.39, 0.29) is 18.3 Å². The molecule has 4 aromatic rings. The third-order valence-electron chi connectivity index (χ3n) is 5.94. The number of rotatable bonds is 5. The van der Waals surface area contributed by atoms with Gasteiger partial charge in [0.15, 0.2) is 5.65 Å². The van der Waals surface area contributed by atoms with Gasteiger partial charge in [0, 0.05) is 41.4 Å². The number of benzene rings is 2. The van der Waals surface area contributed by atoms with Gasteiger partial charge in [0.2, 0.25) is 0 Å². The first-order chi connectivity index (χ1) is 16.6. The highest BCUT2D eigenvalue weighted by atomic mass is 16.5. The molecule has 34 heavy (non-hydrogen) atoms. The fourth-order valence-electron chi connectivity index (χ4n) is 4.13. The Hall–Kier alpha value is -4.04. The average molecular weight is 457 g/mol. The first kappa shape index (κ1) is 21.8. The number of aromatic amines is 1. The molecule has 0 aliphatic carbocycles. The molecular weight excluding hydrogens is 432 g/mol. The van der Waals surface area contributed by atoms with Crippen molar-refractivity contribution < 1.29 is 19.1 Å². The zero-order valence-corrected chi connectivity index (χ0v) is 18.8. The van der Waals surface area contributed by atoms with Gasteiger partial charge in [-0.25, -0.2) is 4.98 Å². The molecule has 0 bridgehead atoms. The number of hydrogen-bond acceptors (Lipinski definition) is 6. The maximum atomic E-state index is 12.9. The quantitative estimate of drug-likeness (QED) is 0.462. The second-order valence-corrected chi connectivity index (χ2v) is 8.13. The number of amides is 1. The van der Waals surface area contributed by atoms with Crippen LogP contribution < -0.4 is 0 Å². The van der Waals surface area contributed by atoms with Crippen molar-refractivity contribution in [3.05, 3.63) is 71.9 Å². The molecule has 1 fully saturated rings. The van der Waals surface area contributed by atoms with E-state index in [1.807, 2.05) is 59.5 Å². The Kier molecular flexibility index (Phi) is 6.05. The number of H-pyrrole nitrogens is 1. The van der Waals surface area contributed by atoms with Gasteiger partial charge in [-0.3, -0.25) is 14.7 Å². The van der Waals surface area contributed by atoms with Crippen LogP contribution in [0.2, 0.25) is 0 Å². The first-order valence-electron chi connectivity index (χ1n) is 11.1. The molecule has 5 rings (SSSR count). The third kappa shape index (κ3) is 4.40. The normalized spacial score (nSPS) is 13.7. The smallest absolute Gasteiger partial charge is 0.309 e. The van der Waals surface area contributed by atoms with Gasteiger partial charge in [0.1, 0.15) is 0 Å². The minimum absolute atomic E-state index is 0.00519. The molecule has 1 amide bonds. The number of pyridine rings is 1. The van der Waals surface area contributed by atoms with Crippen LogP contribution in [0.3, 0.4) is 0 Å². The maximum absolute atomic E-state index is 12.9. The van der Waals surface area contributed by atoms with Gasteiger partial charge in [-0.2, -0.15) is 5.10 Å². The zero-order valence-electron chi connectivity index (χ0n) is 18.8. The van der Waals surface area contributed by atoms with E-state index < -0.39 is 0 Å². The predicted molar refractivity (Wildman–Crippen MR) is 127 cm³/mol. The van der Waals surface area contributed by atoms with Gasteiger partial charge < -0.3 is 14.4 Å². The highest BCUT2D eigenvalue weighted by Crippen LogP contribution is 2.30. The van der Waals surface area contributed by atoms with Gasteiger partial charge in [0.05, 0.1) is 32.4 Å². The van der Waals surface area contributed by atoms with Crippen molar-refractivity contribution in [2.24, 2.45) is 0 Å². The molecule has 1 aliphatic heterocycles. The molecule has 0 atom stereocenters. The molecule has 0 radical (unpaired) electrons. The minimum atomic E-state index is -0.290. The summed E-state index contributed by atoms with van der Waals surface area (Å²) in [5.74, 6) is -0.285. The number of nitrogens with zero attached hydrogens (tertiary/aromatic N) is 3. The molecule has 8 nitrogen and oxygen atoms in total. The van der Waals surface area contributed by atoms with Crippen molar-refractivity contribution in [1.29, 1.82) is 0 Å². The molecular formula is C26H24N4O4. The SMILES string of the molecule is COC(=O)Cc1cccc(-c2[nH]nc3ncc(-c4cccc(C(=O)N5CCOCC5)c4)cc23)c1. The number of fused-ring (bicyclic) bond motifs is 1. The van der Waals surface area contributed by atoms with E-state index in [2.05, 4.69) is 15.2 Å².